The lowest BCUT2D eigenvalue weighted by Crippen LogP contribution is -2.64. The Hall–Kier alpha value is -1.82. The second kappa shape index (κ2) is 5.60. The SMILES string of the molecule is Cc1cc2c(c(=O)o1)C[C@@H]1[C@@]3(C)[C@@H](O)CC(=O)OC(C)(C)[C@@H]3CC[C@@]1(C)O2. The number of carbonyl (C=O) groups excluding carboxylic acids is 1. The lowest BCUT2D eigenvalue weighted by atomic mass is 9.49. The van der Waals surface area contributed by atoms with E-state index in [4.69, 9.17) is 13.9 Å². The van der Waals surface area contributed by atoms with Gasteiger partial charge in [0.1, 0.15) is 22.7 Å². The van der Waals surface area contributed by atoms with Crippen LogP contribution in [0.2, 0.25) is 0 Å². The fourth-order valence-electron chi connectivity index (χ4n) is 6.06. The monoisotopic (exact) mass is 376 g/mol. The van der Waals surface area contributed by atoms with Gasteiger partial charge in [-0.1, -0.05) is 6.92 Å². The lowest BCUT2D eigenvalue weighted by molar-refractivity contribution is -0.194. The van der Waals surface area contributed by atoms with E-state index >= 15 is 0 Å². The number of hydrogen-bond donors (Lipinski definition) is 1. The third-order valence-corrected chi connectivity index (χ3v) is 7.35. The number of aryl methyl sites for hydroxylation is 1. The van der Waals surface area contributed by atoms with Crippen LogP contribution in [0.4, 0.5) is 0 Å². The van der Waals surface area contributed by atoms with Crippen LogP contribution in [-0.4, -0.2) is 28.4 Å². The maximum absolute atomic E-state index is 12.5. The highest BCUT2D eigenvalue weighted by molar-refractivity contribution is 5.71. The Labute approximate surface area is 158 Å². The number of cyclic esters (lactones) is 1. The van der Waals surface area contributed by atoms with Crippen molar-refractivity contribution < 1.29 is 23.8 Å². The number of rotatable bonds is 0. The van der Waals surface area contributed by atoms with E-state index < -0.39 is 22.7 Å². The van der Waals surface area contributed by atoms with E-state index in [0.717, 1.165) is 12.8 Å². The molecule has 1 saturated heterocycles. The van der Waals surface area contributed by atoms with E-state index in [1.165, 1.54) is 0 Å². The number of fused-ring (bicyclic) bond motifs is 4. The average molecular weight is 376 g/mol. The summed E-state index contributed by atoms with van der Waals surface area (Å²) in [5.41, 5.74) is -1.71. The van der Waals surface area contributed by atoms with Crippen LogP contribution in [0.5, 0.6) is 5.75 Å². The molecule has 0 amide bonds. The van der Waals surface area contributed by atoms with Gasteiger partial charge in [0.15, 0.2) is 0 Å². The number of aliphatic hydroxyl groups is 1. The van der Waals surface area contributed by atoms with Crippen LogP contribution in [0, 0.1) is 24.2 Å². The Morgan fingerprint density at radius 1 is 1.07 bits per heavy atom. The second-order valence-electron chi connectivity index (χ2n) is 9.41. The van der Waals surface area contributed by atoms with Crippen LogP contribution in [0.25, 0.3) is 0 Å². The number of carbonyl (C=O) groups is 1. The van der Waals surface area contributed by atoms with Crippen LogP contribution in [0.1, 0.15) is 58.3 Å². The largest absolute Gasteiger partial charge is 0.487 e. The molecule has 1 aromatic rings. The summed E-state index contributed by atoms with van der Waals surface area (Å²) < 4.78 is 17.4. The first-order valence-electron chi connectivity index (χ1n) is 9.70. The van der Waals surface area contributed by atoms with Crippen LogP contribution in [-0.2, 0) is 16.0 Å². The highest BCUT2D eigenvalue weighted by atomic mass is 16.6. The zero-order valence-electron chi connectivity index (χ0n) is 16.6. The summed E-state index contributed by atoms with van der Waals surface area (Å²) in [5, 5.41) is 11.1. The van der Waals surface area contributed by atoms with E-state index in [0.29, 0.717) is 23.5 Å². The topological polar surface area (TPSA) is 86.0 Å². The smallest absolute Gasteiger partial charge is 0.342 e. The van der Waals surface area contributed by atoms with Crippen molar-refractivity contribution in [2.45, 2.75) is 77.6 Å². The summed E-state index contributed by atoms with van der Waals surface area (Å²) in [5.74, 6) is 0.560. The van der Waals surface area contributed by atoms with Gasteiger partial charge >= 0.3 is 11.6 Å². The molecule has 0 spiro atoms. The highest BCUT2D eigenvalue weighted by Gasteiger charge is 2.64. The van der Waals surface area contributed by atoms with Gasteiger partial charge in [0, 0.05) is 23.3 Å². The first kappa shape index (κ1) is 18.5. The van der Waals surface area contributed by atoms with E-state index in [1.54, 1.807) is 13.0 Å². The third-order valence-electron chi connectivity index (χ3n) is 7.35. The van der Waals surface area contributed by atoms with E-state index in [2.05, 4.69) is 6.92 Å². The first-order chi connectivity index (χ1) is 12.5. The fraction of sp³-hybridized carbons (Fsp3) is 0.714. The van der Waals surface area contributed by atoms with Gasteiger partial charge < -0.3 is 19.0 Å². The van der Waals surface area contributed by atoms with Gasteiger partial charge in [0.2, 0.25) is 0 Å². The summed E-state index contributed by atoms with van der Waals surface area (Å²) in [6.07, 6.45) is 1.10. The van der Waals surface area contributed by atoms with Crippen molar-refractivity contribution in [1.29, 1.82) is 0 Å². The molecule has 0 unspecified atom stereocenters. The number of esters is 1. The van der Waals surface area contributed by atoms with Gasteiger partial charge in [0.05, 0.1) is 18.1 Å². The summed E-state index contributed by atoms with van der Waals surface area (Å²) >= 11 is 0. The maximum Gasteiger partial charge on any atom is 0.342 e. The standard InChI is InChI=1S/C21H28O6/c1-11-8-13-12(18(24)25-11)9-15-20(4,26-13)7-6-14-19(2,3)27-17(23)10-16(22)21(14,15)5/h8,14-16,22H,6-7,9-10H2,1-5H3/t14-,15-,16-,20+,21-/m0/s1. The van der Waals surface area contributed by atoms with Crippen molar-refractivity contribution in [3.05, 3.63) is 27.8 Å². The lowest BCUT2D eigenvalue weighted by Gasteiger charge is -2.60. The Balaban J connectivity index is 1.86. The van der Waals surface area contributed by atoms with E-state index in [1.807, 2.05) is 20.8 Å². The van der Waals surface area contributed by atoms with Crippen molar-refractivity contribution in [2.24, 2.45) is 17.3 Å². The minimum Gasteiger partial charge on any atom is -0.487 e. The minimum atomic E-state index is -0.857. The molecule has 1 aromatic heterocycles. The zero-order chi connectivity index (χ0) is 19.8. The predicted molar refractivity (Wildman–Crippen MR) is 97.6 cm³/mol. The Morgan fingerprint density at radius 2 is 1.78 bits per heavy atom. The predicted octanol–water partition coefficient (Wildman–Crippen LogP) is 2.76. The second-order valence-corrected chi connectivity index (χ2v) is 9.41. The Morgan fingerprint density at radius 3 is 2.48 bits per heavy atom. The Bertz CT molecular complexity index is 855. The average Bonchev–Trinajstić information content (AvgIpc) is 2.57. The molecule has 1 N–H and O–H groups in total. The summed E-state index contributed by atoms with van der Waals surface area (Å²) in [6, 6.07) is 1.77. The quantitative estimate of drug-likeness (QED) is 0.701. The van der Waals surface area contributed by atoms with Gasteiger partial charge in [-0.05, 0) is 47.0 Å². The van der Waals surface area contributed by atoms with Crippen LogP contribution in [0.3, 0.4) is 0 Å². The van der Waals surface area contributed by atoms with Crippen LogP contribution < -0.4 is 10.4 Å². The normalized spacial score (nSPS) is 39.9. The molecule has 2 fully saturated rings. The van der Waals surface area contributed by atoms with Crippen molar-refractivity contribution in [3.8, 4) is 5.75 Å². The summed E-state index contributed by atoms with van der Waals surface area (Å²) in [6.45, 7) is 9.66. The molecule has 4 rings (SSSR count). The van der Waals surface area contributed by atoms with Crippen molar-refractivity contribution >= 4 is 5.97 Å². The molecule has 1 aliphatic carbocycles. The molecule has 2 aliphatic heterocycles. The summed E-state index contributed by atoms with van der Waals surface area (Å²) in [7, 11) is 0. The van der Waals surface area contributed by atoms with Gasteiger partial charge in [-0.25, -0.2) is 4.79 Å². The van der Waals surface area contributed by atoms with E-state index in [-0.39, 0.29) is 29.9 Å². The van der Waals surface area contributed by atoms with E-state index in [9.17, 15) is 14.7 Å². The molecule has 3 heterocycles. The molecule has 6 heteroatoms. The number of hydrogen-bond acceptors (Lipinski definition) is 6. The van der Waals surface area contributed by atoms with Crippen molar-refractivity contribution in [3.63, 3.8) is 0 Å². The minimum absolute atomic E-state index is 0.0350. The molecule has 3 aliphatic rings. The fourth-order valence-corrected chi connectivity index (χ4v) is 6.06. The molecule has 0 aromatic carbocycles. The molecule has 6 nitrogen and oxygen atoms in total. The molecular weight excluding hydrogens is 348 g/mol. The highest BCUT2D eigenvalue weighted by Crippen LogP contribution is 2.60. The van der Waals surface area contributed by atoms with Crippen molar-refractivity contribution in [2.75, 3.05) is 0 Å². The van der Waals surface area contributed by atoms with Gasteiger partial charge in [-0.15, -0.1) is 0 Å². The van der Waals surface area contributed by atoms with Gasteiger partial charge in [-0.3, -0.25) is 4.79 Å². The summed E-state index contributed by atoms with van der Waals surface area (Å²) in [4.78, 5) is 24.7. The Kier molecular flexibility index (Phi) is 3.84. The number of aliphatic hydroxyl groups excluding tert-OH is 1. The maximum atomic E-state index is 12.5. The molecule has 27 heavy (non-hydrogen) atoms. The molecule has 1 saturated carbocycles. The molecule has 148 valence electrons. The first-order valence-corrected chi connectivity index (χ1v) is 9.70. The van der Waals surface area contributed by atoms with Crippen LogP contribution in [0.15, 0.2) is 15.3 Å². The van der Waals surface area contributed by atoms with Crippen LogP contribution >= 0.6 is 0 Å². The zero-order valence-corrected chi connectivity index (χ0v) is 16.6. The third kappa shape index (κ3) is 2.56. The number of ether oxygens (including phenoxy) is 2. The van der Waals surface area contributed by atoms with Crippen molar-refractivity contribution in [1.82, 2.24) is 0 Å². The van der Waals surface area contributed by atoms with Gasteiger partial charge in [-0.2, -0.15) is 0 Å². The molecule has 0 radical (unpaired) electrons. The van der Waals surface area contributed by atoms with Gasteiger partial charge in [0.25, 0.3) is 0 Å². The molecule has 0 bridgehead atoms. The molecule has 5 atom stereocenters. The molecular formula is C21H28O6.